The smallest absolute Gasteiger partial charge is 0.328 e. The molecule has 0 radical (unpaired) electrons. The maximum absolute atomic E-state index is 12.9. The summed E-state index contributed by atoms with van der Waals surface area (Å²) in [6, 6.07) is 6.89. The number of nitrogens with zero attached hydrogens (tertiary/aromatic N) is 1. The van der Waals surface area contributed by atoms with Crippen molar-refractivity contribution in [2.45, 2.75) is 45.9 Å². The monoisotopic (exact) mass is 426 g/mol. The quantitative estimate of drug-likeness (QED) is 0.389. The van der Waals surface area contributed by atoms with Crippen LogP contribution >= 0.6 is 0 Å². The third-order valence-corrected chi connectivity index (χ3v) is 5.19. The fourth-order valence-corrected chi connectivity index (χ4v) is 3.50. The number of para-hydroxylation sites is 1. The molecule has 0 spiro atoms. The van der Waals surface area contributed by atoms with Crippen LogP contribution in [0.3, 0.4) is 0 Å². The number of aliphatic hydroxyl groups is 1. The van der Waals surface area contributed by atoms with Gasteiger partial charge in [-0.2, -0.15) is 0 Å². The Hall–Kier alpha value is -3.46. The molecular formula is C22H26N4O5. The van der Waals surface area contributed by atoms with Crippen LogP contribution in [0.15, 0.2) is 30.3 Å². The maximum Gasteiger partial charge on any atom is 0.328 e. The average Bonchev–Trinajstić information content (AvgIpc) is 3.08. The van der Waals surface area contributed by atoms with E-state index in [1.807, 2.05) is 24.3 Å². The minimum absolute atomic E-state index is 0.151. The Balaban J connectivity index is 1.88. The number of hydrogen-bond acceptors (Lipinski definition) is 5. The molecule has 3 atom stereocenters. The van der Waals surface area contributed by atoms with Crippen molar-refractivity contribution < 1.29 is 24.6 Å². The van der Waals surface area contributed by atoms with Gasteiger partial charge in [-0.3, -0.25) is 9.59 Å². The van der Waals surface area contributed by atoms with Gasteiger partial charge in [0.2, 0.25) is 5.91 Å². The summed E-state index contributed by atoms with van der Waals surface area (Å²) in [6.45, 7) is 6.51. The number of benzene rings is 1. The predicted octanol–water partition coefficient (Wildman–Crippen LogP) is 1.73. The van der Waals surface area contributed by atoms with Crippen molar-refractivity contribution in [3.05, 3.63) is 41.7 Å². The fourth-order valence-electron chi connectivity index (χ4n) is 3.50. The predicted molar refractivity (Wildman–Crippen MR) is 116 cm³/mol. The molecule has 0 saturated heterocycles. The first kappa shape index (κ1) is 22.2. The van der Waals surface area contributed by atoms with Crippen molar-refractivity contribution in [2.75, 3.05) is 0 Å². The zero-order valence-corrected chi connectivity index (χ0v) is 17.8. The molecule has 0 saturated carbocycles. The third-order valence-electron chi connectivity index (χ3n) is 5.19. The molecule has 9 heteroatoms. The number of aliphatic hydroxyl groups excluding tert-OH is 1. The number of nitrogens with one attached hydrogen (secondary N) is 3. The number of hydrogen-bond donors (Lipinski definition) is 5. The molecule has 0 aliphatic heterocycles. The Labute approximate surface area is 178 Å². The van der Waals surface area contributed by atoms with Crippen LogP contribution in [0.5, 0.6) is 0 Å². The molecule has 1 aromatic carbocycles. The van der Waals surface area contributed by atoms with Crippen LogP contribution in [-0.4, -0.2) is 56.2 Å². The molecule has 0 fully saturated rings. The number of aromatic amines is 1. The Bertz CT molecular complexity index is 1150. The Morgan fingerprint density at radius 1 is 1.03 bits per heavy atom. The number of carboxylic acids is 1. The Kier molecular flexibility index (Phi) is 6.26. The second kappa shape index (κ2) is 8.73. The molecule has 3 aromatic rings. The molecular weight excluding hydrogens is 400 g/mol. The molecule has 3 unspecified atom stereocenters. The average molecular weight is 426 g/mol. The van der Waals surface area contributed by atoms with Crippen molar-refractivity contribution >= 4 is 39.6 Å². The Morgan fingerprint density at radius 3 is 2.32 bits per heavy atom. The molecule has 0 aliphatic rings. The molecule has 2 amide bonds. The second-order valence-electron chi connectivity index (χ2n) is 7.95. The lowest BCUT2D eigenvalue weighted by Crippen LogP contribution is -2.56. The SMILES string of the molecule is Cc1nc(C(=O)NC(C(=O)NC(C(=O)O)C(C)O)C(C)C)cc2c1[nH]c1ccccc12. The molecule has 164 valence electrons. The van der Waals surface area contributed by atoms with Crippen molar-refractivity contribution in [2.24, 2.45) is 5.92 Å². The Morgan fingerprint density at radius 2 is 1.71 bits per heavy atom. The van der Waals surface area contributed by atoms with Crippen molar-refractivity contribution in [1.29, 1.82) is 0 Å². The highest BCUT2D eigenvalue weighted by Gasteiger charge is 2.31. The van der Waals surface area contributed by atoms with E-state index in [4.69, 9.17) is 0 Å². The highest BCUT2D eigenvalue weighted by molar-refractivity contribution is 6.10. The van der Waals surface area contributed by atoms with E-state index in [0.29, 0.717) is 5.69 Å². The zero-order valence-electron chi connectivity index (χ0n) is 17.8. The summed E-state index contributed by atoms with van der Waals surface area (Å²) < 4.78 is 0. The molecule has 2 aromatic heterocycles. The number of aryl methyl sites for hydroxylation is 1. The number of aliphatic carboxylic acids is 1. The van der Waals surface area contributed by atoms with E-state index in [2.05, 4.69) is 20.6 Å². The van der Waals surface area contributed by atoms with E-state index in [1.54, 1.807) is 26.8 Å². The van der Waals surface area contributed by atoms with Gasteiger partial charge in [-0.15, -0.1) is 0 Å². The van der Waals surface area contributed by atoms with Gasteiger partial charge in [-0.05, 0) is 31.9 Å². The first-order chi connectivity index (χ1) is 14.6. The lowest BCUT2D eigenvalue weighted by molar-refractivity contribution is -0.145. The number of amides is 2. The maximum atomic E-state index is 12.9. The van der Waals surface area contributed by atoms with Crippen LogP contribution in [0.4, 0.5) is 0 Å². The van der Waals surface area contributed by atoms with E-state index in [9.17, 15) is 24.6 Å². The fraction of sp³-hybridized carbons (Fsp3) is 0.364. The van der Waals surface area contributed by atoms with Crippen LogP contribution < -0.4 is 10.6 Å². The molecule has 0 bridgehead atoms. The summed E-state index contributed by atoms with van der Waals surface area (Å²) >= 11 is 0. The third kappa shape index (κ3) is 4.51. The van der Waals surface area contributed by atoms with Crippen LogP contribution in [0.2, 0.25) is 0 Å². The highest BCUT2D eigenvalue weighted by Crippen LogP contribution is 2.27. The van der Waals surface area contributed by atoms with Gasteiger partial charge in [0.1, 0.15) is 11.7 Å². The van der Waals surface area contributed by atoms with E-state index in [-0.39, 0.29) is 11.6 Å². The first-order valence-electron chi connectivity index (χ1n) is 10.00. The topological polar surface area (TPSA) is 144 Å². The summed E-state index contributed by atoms with van der Waals surface area (Å²) in [6.07, 6.45) is -1.29. The lowest BCUT2D eigenvalue weighted by atomic mass is 10.0. The van der Waals surface area contributed by atoms with Crippen LogP contribution in [0.25, 0.3) is 21.8 Å². The van der Waals surface area contributed by atoms with Gasteiger partial charge in [-0.25, -0.2) is 9.78 Å². The van der Waals surface area contributed by atoms with E-state index < -0.39 is 36.0 Å². The molecule has 9 nitrogen and oxygen atoms in total. The van der Waals surface area contributed by atoms with Gasteiger partial charge in [-0.1, -0.05) is 32.0 Å². The number of rotatable bonds is 7. The van der Waals surface area contributed by atoms with Crippen molar-refractivity contribution in [3.8, 4) is 0 Å². The van der Waals surface area contributed by atoms with Crippen LogP contribution in [0, 0.1) is 12.8 Å². The van der Waals surface area contributed by atoms with Gasteiger partial charge in [0.25, 0.3) is 5.91 Å². The van der Waals surface area contributed by atoms with E-state index in [0.717, 1.165) is 21.8 Å². The summed E-state index contributed by atoms with van der Waals surface area (Å²) in [5.41, 5.74) is 2.55. The number of carboxylic acid groups (broad SMARTS) is 1. The second-order valence-corrected chi connectivity index (χ2v) is 7.95. The zero-order chi connectivity index (χ0) is 22.9. The van der Waals surface area contributed by atoms with E-state index in [1.165, 1.54) is 6.92 Å². The number of H-pyrrole nitrogens is 1. The van der Waals surface area contributed by atoms with Gasteiger partial charge in [0.05, 0.1) is 17.3 Å². The molecule has 31 heavy (non-hydrogen) atoms. The van der Waals surface area contributed by atoms with Gasteiger partial charge in [0.15, 0.2) is 6.04 Å². The van der Waals surface area contributed by atoms with Crippen molar-refractivity contribution in [1.82, 2.24) is 20.6 Å². The van der Waals surface area contributed by atoms with Crippen molar-refractivity contribution in [3.63, 3.8) is 0 Å². The lowest BCUT2D eigenvalue weighted by Gasteiger charge is -2.25. The largest absolute Gasteiger partial charge is 0.480 e. The molecule has 0 aliphatic carbocycles. The number of carbonyl (C=O) groups is 3. The number of carbonyl (C=O) groups excluding carboxylic acids is 2. The summed E-state index contributed by atoms with van der Waals surface area (Å²) in [4.78, 5) is 44.6. The minimum atomic E-state index is -1.48. The summed E-state index contributed by atoms with van der Waals surface area (Å²) in [7, 11) is 0. The molecule has 2 heterocycles. The molecule has 5 N–H and O–H groups in total. The van der Waals surface area contributed by atoms with E-state index >= 15 is 0 Å². The van der Waals surface area contributed by atoms with Crippen LogP contribution in [0.1, 0.15) is 37.0 Å². The van der Waals surface area contributed by atoms with Gasteiger partial charge < -0.3 is 25.8 Å². The number of fused-ring (bicyclic) bond motifs is 3. The first-order valence-corrected chi connectivity index (χ1v) is 10.00. The standard InChI is InChI=1S/C22H26N4O5/c1-10(2)17(21(29)26-19(12(4)27)22(30)31)25-20(28)16-9-14-13-7-5-6-8-15(13)24-18(14)11(3)23-16/h5-10,12,17,19,24,27H,1-4H3,(H,25,28)(H,26,29)(H,30,31). The highest BCUT2D eigenvalue weighted by atomic mass is 16.4. The van der Waals surface area contributed by atoms with Gasteiger partial charge >= 0.3 is 5.97 Å². The van der Waals surface area contributed by atoms with Crippen LogP contribution in [-0.2, 0) is 9.59 Å². The normalized spacial score (nSPS) is 14.4. The summed E-state index contributed by atoms with van der Waals surface area (Å²) in [5.74, 6) is -2.93. The number of pyridine rings is 1. The minimum Gasteiger partial charge on any atom is -0.480 e. The number of aromatic nitrogens is 2. The molecule has 3 rings (SSSR count). The summed E-state index contributed by atoms with van der Waals surface area (Å²) in [5, 5.41) is 25.5. The van der Waals surface area contributed by atoms with Gasteiger partial charge in [0, 0.05) is 16.3 Å².